The number of aliphatic hydroxyl groups is 1. The molecule has 116 valence electrons. The maximum Gasteiger partial charge on any atom is 0.321 e. The van der Waals surface area contributed by atoms with Gasteiger partial charge in [-0.2, -0.15) is 0 Å². The number of aromatic nitrogens is 1. The summed E-state index contributed by atoms with van der Waals surface area (Å²) in [6.07, 6.45) is 3.19. The molecule has 1 aliphatic rings. The van der Waals surface area contributed by atoms with Gasteiger partial charge in [0.2, 0.25) is 0 Å². The average Bonchev–Trinajstić information content (AvgIpc) is 2.48. The average molecular weight is 292 g/mol. The molecule has 21 heavy (non-hydrogen) atoms. The predicted octanol–water partition coefficient (Wildman–Crippen LogP) is 1.77. The molecule has 0 spiro atoms. The van der Waals surface area contributed by atoms with Gasteiger partial charge in [0.25, 0.3) is 0 Å². The quantitative estimate of drug-likeness (QED) is 0.891. The highest BCUT2D eigenvalue weighted by Gasteiger charge is 2.26. The van der Waals surface area contributed by atoms with Crippen LogP contribution in [0.2, 0.25) is 0 Å². The van der Waals surface area contributed by atoms with Crippen molar-refractivity contribution in [1.82, 2.24) is 9.88 Å². The molecule has 6 nitrogen and oxygen atoms in total. The molecule has 2 heterocycles. The van der Waals surface area contributed by atoms with E-state index in [1.165, 1.54) is 0 Å². The van der Waals surface area contributed by atoms with E-state index in [1.54, 1.807) is 18.0 Å². The lowest BCUT2D eigenvalue weighted by atomic mass is 9.94. The molecule has 2 unspecified atom stereocenters. The zero-order chi connectivity index (χ0) is 15.4. The molecule has 1 fully saturated rings. The van der Waals surface area contributed by atoms with Crippen LogP contribution < -0.4 is 10.2 Å². The van der Waals surface area contributed by atoms with E-state index in [0.29, 0.717) is 12.2 Å². The summed E-state index contributed by atoms with van der Waals surface area (Å²) in [6, 6.07) is 3.58. The van der Waals surface area contributed by atoms with Crippen molar-refractivity contribution in [3.63, 3.8) is 0 Å². The van der Waals surface area contributed by atoms with Gasteiger partial charge in [0.1, 0.15) is 5.82 Å². The molecule has 1 aromatic rings. The summed E-state index contributed by atoms with van der Waals surface area (Å²) in [5, 5.41) is 12.5. The van der Waals surface area contributed by atoms with E-state index in [-0.39, 0.29) is 18.1 Å². The molecule has 1 aliphatic heterocycles. The van der Waals surface area contributed by atoms with Crippen molar-refractivity contribution >= 4 is 17.5 Å². The maximum absolute atomic E-state index is 12.2. The van der Waals surface area contributed by atoms with Crippen molar-refractivity contribution in [2.75, 3.05) is 37.4 Å². The van der Waals surface area contributed by atoms with Crippen molar-refractivity contribution in [3.05, 3.63) is 18.3 Å². The summed E-state index contributed by atoms with van der Waals surface area (Å²) in [6.45, 7) is 3.13. The number of anilines is 2. The van der Waals surface area contributed by atoms with E-state index >= 15 is 0 Å². The second-order valence-electron chi connectivity index (χ2n) is 5.82. The van der Waals surface area contributed by atoms with Crippen LogP contribution in [0.1, 0.15) is 19.8 Å². The van der Waals surface area contributed by atoms with Crippen LogP contribution in [0.25, 0.3) is 0 Å². The van der Waals surface area contributed by atoms with E-state index in [2.05, 4.69) is 10.3 Å². The minimum Gasteiger partial charge on any atom is -0.393 e. The fourth-order valence-corrected chi connectivity index (χ4v) is 2.52. The lowest BCUT2D eigenvalue weighted by Gasteiger charge is -2.34. The molecule has 6 heteroatoms. The number of pyridine rings is 1. The van der Waals surface area contributed by atoms with Gasteiger partial charge in [-0.15, -0.1) is 0 Å². The van der Waals surface area contributed by atoms with Gasteiger partial charge >= 0.3 is 6.03 Å². The molecule has 0 saturated carbocycles. The number of aliphatic hydroxyl groups excluding tert-OH is 1. The third-order valence-corrected chi connectivity index (χ3v) is 3.88. The van der Waals surface area contributed by atoms with Gasteiger partial charge in [0.15, 0.2) is 0 Å². The lowest BCUT2D eigenvalue weighted by molar-refractivity contribution is 0.0766. The smallest absolute Gasteiger partial charge is 0.321 e. The molecule has 0 aromatic carbocycles. The monoisotopic (exact) mass is 292 g/mol. The number of rotatable bonds is 3. The van der Waals surface area contributed by atoms with Crippen LogP contribution in [0.15, 0.2) is 18.3 Å². The first-order valence-electron chi connectivity index (χ1n) is 7.34. The van der Waals surface area contributed by atoms with Crippen molar-refractivity contribution in [2.45, 2.75) is 25.9 Å². The van der Waals surface area contributed by atoms with Gasteiger partial charge in [0.05, 0.1) is 18.0 Å². The molecular weight excluding hydrogens is 268 g/mol. The highest BCUT2D eigenvalue weighted by Crippen LogP contribution is 2.20. The Morgan fingerprint density at radius 1 is 1.52 bits per heavy atom. The van der Waals surface area contributed by atoms with E-state index < -0.39 is 0 Å². The molecule has 2 amide bonds. The van der Waals surface area contributed by atoms with Crippen LogP contribution in [0, 0.1) is 5.92 Å². The van der Waals surface area contributed by atoms with Gasteiger partial charge in [-0.1, -0.05) is 0 Å². The summed E-state index contributed by atoms with van der Waals surface area (Å²) in [4.78, 5) is 20.2. The Bertz CT molecular complexity index is 473. The number of hydrogen-bond donors (Lipinski definition) is 2. The van der Waals surface area contributed by atoms with Crippen molar-refractivity contribution < 1.29 is 9.90 Å². The van der Waals surface area contributed by atoms with Crippen LogP contribution in [-0.4, -0.2) is 54.3 Å². The predicted molar refractivity (Wildman–Crippen MR) is 83.6 cm³/mol. The molecule has 2 rings (SSSR count). The Labute approximate surface area is 125 Å². The Morgan fingerprint density at radius 3 is 2.86 bits per heavy atom. The summed E-state index contributed by atoms with van der Waals surface area (Å²) < 4.78 is 0. The number of carbonyl (C=O) groups is 1. The summed E-state index contributed by atoms with van der Waals surface area (Å²) in [5.41, 5.74) is 0.685. The van der Waals surface area contributed by atoms with Gasteiger partial charge in [-0.25, -0.2) is 9.78 Å². The highest BCUT2D eigenvalue weighted by molar-refractivity contribution is 5.89. The second kappa shape index (κ2) is 6.76. The lowest BCUT2D eigenvalue weighted by Crippen LogP contribution is -2.44. The second-order valence-corrected chi connectivity index (χ2v) is 5.82. The SMILES string of the molecule is CC(O)C1CCCN(C(=O)Nc2ccc(N(C)C)nc2)C1. The first-order chi connectivity index (χ1) is 9.97. The number of urea groups is 1. The van der Waals surface area contributed by atoms with Crippen LogP contribution in [0.4, 0.5) is 16.3 Å². The summed E-state index contributed by atoms with van der Waals surface area (Å²) >= 11 is 0. The Kier molecular flexibility index (Phi) is 5.01. The normalized spacial score (nSPS) is 20.0. The van der Waals surface area contributed by atoms with Crippen LogP contribution in [-0.2, 0) is 0 Å². The minimum atomic E-state index is -0.373. The standard InChI is InChI=1S/C15H24N4O2/c1-11(20)12-5-4-8-19(10-12)15(21)17-13-6-7-14(16-9-13)18(2)3/h6-7,9,11-12,20H,4-5,8,10H2,1-3H3,(H,17,21). The number of hydrogen-bond acceptors (Lipinski definition) is 4. The van der Waals surface area contributed by atoms with Gasteiger partial charge in [-0.05, 0) is 31.9 Å². The van der Waals surface area contributed by atoms with E-state index in [4.69, 9.17) is 0 Å². The topological polar surface area (TPSA) is 68.7 Å². The zero-order valence-electron chi connectivity index (χ0n) is 12.9. The molecule has 0 radical (unpaired) electrons. The van der Waals surface area contributed by atoms with Crippen LogP contribution in [0.5, 0.6) is 0 Å². The number of amides is 2. The molecule has 1 aromatic heterocycles. The largest absolute Gasteiger partial charge is 0.393 e. The van der Waals surface area contributed by atoms with Crippen molar-refractivity contribution in [3.8, 4) is 0 Å². The third kappa shape index (κ3) is 4.07. The molecule has 0 bridgehead atoms. The Morgan fingerprint density at radius 2 is 2.29 bits per heavy atom. The number of likely N-dealkylation sites (tertiary alicyclic amines) is 1. The summed E-state index contributed by atoms with van der Waals surface area (Å²) in [7, 11) is 3.84. The Hall–Kier alpha value is -1.82. The fourth-order valence-electron chi connectivity index (χ4n) is 2.52. The van der Waals surface area contributed by atoms with Crippen molar-refractivity contribution in [1.29, 1.82) is 0 Å². The molecular formula is C15H24N4O2. The molecule has 2 N–H and O–H groups in total. The number of carbonyl (C=O) groups excluding carboxylic acids is 1. The maximum atomic E-state index is 12.2. The van der Waals surface area contributed by atoms with Crippen LogP contribution in [0.3, 0.4) is 0 Å². The number of nitrogens with one attached hydrogen (secondary N) is 1. The number of nitrogens with zero attached hydrogens (tertiary/aromatic N) is 3. The molecule has 1 saturated heterocycles. The number of piperidine rings is 1. The van der Waals surface area contributed by atoms with Crippen LogP contribution >= 0.6 is 0 Å². The first-order valence-corrected chi connectivity index (χ1v) is 7.34. The minimum absolute atomic E-state index is 0.125. The third-order valence-electron chi connectivity index (χ3n) is 3.88. The molecule has 2 atom stereocenters. The van der Waals surface area contributed by atoms with Gasteiger partial charge in [-0.3, -0.25) is 0 Å². The fraction of sp³-hybridized carbons (Fsp3) is 0.600. The summed E-state index contributed by atoms with van der Waals surface area (Å²) in [5.74, 6) is 1.01. The van der Waals surface area contributed by atoms with E-state index in [0.717, 1.165) is 25.2 Å². The van der Waals surface area contributed by atoms with E-state index in [9.17, 15) is 9.90 Å². The van der Waals surface area contributed by atoms with Gasteiger partial charge in [0, 0.05) is 33.1 Å². The Balaban J connectivity index is 1.94. The molecule has 0 aliphatic carbocycles. The van der Waals surface area contributed by atoms with E-state index in [1.807, 2.05) is 31.1 Å². The highest BCUT2D eigenvalue weighted by atomic mass is 16.3. The zero-order valence-corrected chi connectivity index (χ0v) is 12.9. The first kappa shape index (κ1) is 15.6. The van der Waals surface area contributed by atoms with Crippen molar-refractivity contribution in [2.24, 2.45) is 5.92 Å². The van der Waals surface area contributed by atoms with Gasteiger partial charge < -0.3 is 20.2 Å².